The summed E-state index contributed by atoms with van der Waals surface area (Å²) in [5, 5.41) is 8.69. The van der Waals surface area contributed by atoms with Gasteiger partial charge in [0, 0.05) is 11.4 Å². The Labute approximate surface area is 80.4 Å². The van der Waals surface area contributed by atoms with E-state index < -0.39 is 5.97 Å². The first-order chi connectivity index (χ1) is 6.59. The molecule has 2 rings (SSSR count). The second kappa shape index (κ2) is 2.87. The van der Waals surface area contributed by atoms with Crippen LogP contribution in [0.3, 0.4) is 0 Å². The van der Waals surface area contributed by atoms with Crippen molar-refractivity contribution in [2.75, 3.05) is 0 Å². The van der Waals surface area contributed by atoms with E-state index in [1.54, 1.807) is 6.20 Å². The Morgan fingerprint density at radius 2 is 2.36 bits per heavy atom. The fraction of sp³-hybridized carbons (Fsp3) is 0.333. The van der Waals surface area contributed by atoms with Gasteiger partial charge in [0.15, 0.2) is 0 Å². The summed E-state index contributed by atoms with van der Waals surface area (Å²) in [6.45, 7) is 3.88. The maximum Gasteiger partial charge on any atom is 0.309 e. The summed E-state index contributed by atoms with van der Waals surface area (Å²) in [4.78, 5) is 17.8. The lowest BCUT2D eigenvalue weighted by molar-refractivity contribution is -0.136. The molecule has 0 aliphatic heterocycles. The van der Waals surface area contributed by atoms with Crippen LogP contribution in [0.15, 0.2) is 6.20 Å². The zero-order valence-electron chi connectivity index (χ0n) is 8.03. The third-order valence-corrected chi connectivity index (χ3v) is 2.34. The van der Waals surface area contributed by atoms with Crippen LogP contribution in [-0.4, -0.2) is 25.4 Å². The molecule has 0 aliphatic rings. The Bertz CT molecular complexity index is 495. The van der Waals surface area contributed by atoms with Crippen LogP contribution in [0.1, 0.15) is 17.1 Å². The molecule has 0 spiro atoms. The van der Waals surface area contributed by atoms with Crippen LogP contribution in [0.25, 0.3) is 5.78 Å². The molecule has 0 aliphatic carbocycles. The summed E-state index contributed by atoms with van der Waals surface area (Å²) in [7, 11) is 0. The number of hydrogen-bond acceptors (Lipinski definition) is 2. The van der Waals surface area contributed by atoms with Crippen molar-refractivity contribution in [1.29, 1.82) is 0 Å². The highest BCUT2D eigenvalue weighted by Gasteiger charge is 2.11. The van der Waals surface area contributed by atoms with Gasteiger partial charge in [-0.1, -0.05) is 0 Å². The van der Waals surface area contributed by atoms with Crippen LogP contribution >= 0.6 is 0 Å². The summed E-state index contributed by atoms with van der Waals surface area (Å²) in [6, 6.07) is 0. The second-order valence-corrected chi connectivity index (χ2v) is 3.31. The Kier molecular flexibility index (Phi) is 1.80. The summed E-state index contributed by atoms with van der Waals surface area (Å²) in [5.74, 6) is -0.138. The van der Waals surface area contributed by atoms with E-state index in [9.17, 15) is 4.79 Å². The minimum Gasteiger partial charge on any atom is -0.481 e. The van der Waals surface area contributed by atoms with Crippen LogP contribution in [0.4, 0.5) is 0 Å². The molecule has 2 aromatic heterocycles. The van der Waals surface area contributed by atoms with Crippen LogP contribution in [0.2, 0.25) is 0 Å². The van der Waals surface area contributed by atoms with Gasteiger partial charge in [-0.15, -0.1) is 0 Å². The number of hydrogen-bond donors (Lipinski definition) is 2. The standard InChI is InChI=1S/C9H11N3O2/c1-5-6(2)12-7(3-8(13)14)4-10-9(12)11-5/h4H,3H2,1-2H3,(H,10,11)(H,13,14). The summed E-state index contributed by atoms with van der Waals surface area (Å²) in [5.41, 5.74) is 2.72. The molecule has 74 valence electrons. The zero-order chi connectivity index (χ0) is 10.3. The summed E-state index contributed by atoms with van der Waals surface area (Å²) < 4.78 is 1.84. The van der Waals surface area contributed by atoms with Gasteiger partial charge in [-0.25, -0.2) is 4.98 Å². The third-order valence-electron chi connectivity index (χ3n) is 2.34. The van der Waals surface area contributed by atoms with Crippen molar-refractivity contribution in [3.05, 3.63) is 23.3 Å². The number of imidazole rings is 2. The van der Waals surface area contributed by atoms with Crippen molar-refractivity contribution in [2.24, 2.45) is 0 Å². The van der Waals surface area contributed by atoms with E-state index >= 15 is 0 Å². The number of rotatable bonds is 2. The highest BCUT2D eigenvalue weighted by atomic mass is 16.4. The molecule has 2 heterocycles. The molecule has 5 heteroatoms. The predicted molar refractivity (Wildman–Crippen MR) is 50.4 cm³/mol. The summed E-state index contributed by atoms with van der Waals surface area (Å²) >= 11 is 0. The van der Waals surface area contributed by atoms with E-state index in [0.29, 0.717) is 11.5 Å². The van der Waals surface area contributed by atoms with Crippen LogP contribution < -0.4 is 0 Å². The molecule has 0 bridgehead atoms. The number of aryl methyl sites for hydroxylation is 2. The maximum atomic E-state index is 10.6. The lowest BCUT2D eigenvalue weighted by Gasteiger charge is -1.96. The van der Waals surface area contributed by atoms with Gasteiger partial charge in [0.25, 0.3) is 0 Å². The molecule has 0 aromatic carbocycles. The number of aromatic amines is 1. The molecule has 14 heavy (non-hydrogen) atoms. The van der Waals surface area contributed by atoms with E-state index in [-0.39, 0.29) is 6.42 Å². The quantitative estimate of drug-likeness (QED) is 0.744. The van der Waals surface area contributed by atoms with E-state index in [4.69, 9.17) is 5.11 Å². The molecule has 0 atom stereocenters. The predicted octanol–water partition coefficient (Wildman–Crippen LogP) is 0.906. The first-order valence-corrected chi connectivity index (χ1v) is 4.33. The number of nitrogens with zero attached hydrogens (tertiary/aromatic N) is 2. The van der Waals surface area contributed by atoms with Gasteiger partial charge in [0.2, 0.25) is 5.78 Å². The van der Waals surface area contributed by atoms with Crippen LogP contribution in [0.5, 0.6) is 0 Å². The number of aromatic nitrogens is 3. The number of carbonyl (C=O) groups is 1. The lowest BCUT2D eigenvalue weighted by atomic mass is 10.3. The molecule has 0 amide bonds. The average Bonchev–Trinajstić information content (AvgIpc) is 2.57. The van der Waals surface area contributed by atoms with Gasteiger partial charge in [-0.05, 0) is 13.8 Å². The second-order valence-electron chi connectivity index (χ2n) is 3.31. The minimum atomic E-state index is -0.843. The van der Waals surface area contributed by atoms with Gasteiger partial charge in [0.05, 0.1) is 18.3 Å². The summed E-state index contributed by atoms with van der Waals surface area (Å²) in [6.07, 6.45) is 1.59. The fourth-order valence-electron chi connectivity index (χ4n) is 1.56. The van der Waals surface area contributed by atoms with Crippen molar-refractivity contribution in [3.8, 4) is 0 Å². The van der Waals surface area contributed by atoms with Crippen molar-refractivity contribution >= 4 is 11.7 Å². The molecule has 0 saturated heterocycles. The highest BCUT2D eigenvalue weighted by molar-refractivity contribution is 5.70. The van der Waals surface area contributed by atoms with Crippen molar-refractivity contribution in [3.63, 3.8) is 0 Å². The van der Waals surface area contributed by atoms with Crippen molar-refractivity contribution < 1.29 is 9.90 Å². The first-order valence-electron chi connectivity index (χ1n) is 4.33. The number of nitrogens with one attached hydrogen (secondary N) is 1. The molecule has 0 radical (unpaired) electrons. The normalized spacial score (nSPS) is 11.0. The molecule has 0 saturated carbocycles. The minimum absolute atomic E-state index is 0.000694. The molecule has 2 N–H and O–H groups in total. The van der Waals surface area contributed by atoms with Gasteiger partial charge in [0.1, 0.15) is 0 Å². The SMILES string of the molecule is Cc1[nH]c2ncc(CC(=O)O)n2c1C. The molecule has 5 nitrogen and oxygen atoms in total. The van der Waals surface area contributed by atoms with Gasteiger partial charge < -0.3 is 10.1 Å². The molecular weight excluding hydrogens is 182 g/mol. The van der Waals surface area contributed by atoms with E-state index in [2.05, 4.69) is 9.97 Å². The fourth-order valence-corrected chi connectivity index (χ4v) is 1.56. The van der Waals surface area contributed by atoms with E-state index in [1.165, 1.54) is 0 Å². The van der Waals surface area contributed by atoms with Gasteiger partial charge in [-0.3, -0.25) is 9.20 Å². The maximum absolute atomic E-state index is 10.6. The molecule has 2 aromatic rings. The van der Waals surface area contributed by atoms with Crippen molar-refractivity contribution in [1.82, 2.24) is 14.4 Å². The Morgan fingerprint density at radius 3 is 3.00 bits per heavy atom. The molecule has 0 unspecified atom stereocenters. The first kappa shape index (κ1) is 8.80. The number of aliphatic carboxylic acids is 1. The topological polar surface area (TPSA) is 70.4 Å². The molecular formula is C9H11N3O2. The monoisotopic (exact) mass is 193 g/mol. The van der Waals surface area contributed by atoms with E-state index in [0.717, 1.165) is 11.4 Å². The van der Waals surface area contributed by atoms with E-state index in [1.807, 2.05) is 18.2 Å². The Morgan fingerprint density at radius 1 is 1.64 bits per heavy atom. The highest BCUT2D eigenvalue weighted by Crippen LogP contribution is 2.13. The Balaban J connectivity index is 2.60. The van der Waals surface area contributed by atoms with Crippen LogP contribution in [-0.2, 0) is 11.2 Å². The molecule has 0 fully saturated rings. The average molecular weight is 193 g/mol. The number of fused-ring (bicyclic) bond motifs is 1. The lowest BCUT2D eigenvalue weighted by Crippen LogP contribution is -2.03. The van der Waals surface area contributed by atoms with Crippen molar-refractivity contribution in [2.45, 2.75) is 20.3 Å². The third kappa shape index (κ3) is 1.17. The Hall–Kier alpha value is -1.78. The van der Waals surface area contributed by atoms with Gasteiger partial charge >= 0.3 is 5.97 Å². The smallest absolute Gasteiger partial charge is 0.309 e. The zero-order valence-corrected chi connectivity index (χ0v) is 8.03. The van der Waals surface area contributed by atoms with Gasteiger partial charge in [-0.2, -0.15) is 0 Å². The number of carboxylic acid groups (broad SMARTS) is 1. The largest absolute Gasteiger partial charge is 0.481 e. The van der Waals surface area contributed by atoms with Crippen LogP contribution in [0, 0.1) is 13.8 Å². The number of carboxylic acids is 1. The number of H-pyrrole nitrogens is 1.